The molecule has 10 atom stereocenters. The van der Waals surface area contributed by atoms with Gasteiger partial charge in [-0.2, -0.15) is 0 Å². The highest BCUT2D eigenvalue weighted by molar-refractivity contribution is 7.43. The first-order valence-electron chi connectivity index (χ1n) is 19.8. The second-order valence-corrected chi connectivity index (χ2v) is 18.9. The summed E-state index contributed by atoms with van der Waals surface area (Å²) in [5.41, 5.74) is 2.15. The summed E-state index contributed by atoms with van der Waals surface area (Å²) in [4.78, 5) is 26.0. The third-order valence-corrected chi connectivity index (χ3v) is 15.5. The summed E-state index contributed by atoms with van der Waals surface area (Å²) in [5, 5.41) is 10.7. The van der Waals surface area contributed by atoms with Gasteiger partial charge < -0.3 is 10.00 Å². The van der Waals surface area contributed by atoms with Crippen molar-refractivity contribution in [2.75, 3.05) is 0 Å². The predicted molar refractivity (Wildman–Crippen MR) is 197 cm³/mol. The maximum atomic E-state index is 13.0. The van der Waals surface area contributed by atoms with E-state index >= 15 is 0 Å². The van der Waals surface area contributed by atoms with Gasteiger partial charge in [0.05, 0.1) is 0 Å². The van der Waals surface area contributed by atoms with E-state index in [1.54, 1.807) is 4.90 Å². The molecular formula is C40H73N2O4P. The number of amides is 1. The fourth-order valence-electron chi connectivity index (χ4n) is 11.4. The first-order chi connectivity index (χ1) is 22.1. The van der Waals surface area contributed by atoms with Gasteiger partial charge in [-0.05, 0) is 138 Å². The van der Waals surface area contributed by atoms with E-state index in [4.69, 9.17) is 4.52 Å². The molecule has 272 valence electrons. The number of allylic oxidation sites excluding steroid dienone is 1. The molecule has 3 saturated carbocycles. The number of hydrogen-bond donors (Lipinski definition) is 2. The van der Waals surface area contributed by atoms with Crippen molar-refractivity contribution in [3.63, 3.8) is 0 Å². The number of hydrogen-bond acceptors (Lipinski definition) is 4. The summed E-state index contributed by atoms with van der Waals surface area (Å²) >= 11 is 0. The van der Waals surface area contributed by atoms with Gasteiger partial charge in [-0.15, -0.1) is 0 Å². The Balaban J connectivity index is 1.51. The van der Waals surface area contributed by atoms with Crippen molar-refractivity contribution in [2.45, 2.75) is 190 Å². The predicted octanol–water partition coefficient (Wildman–Crippen LogP) is 11.6. The van der Waals surface area contributed by atoms with Crippen LogP contribution in [0.2, 0.25) is 0 Å². The molecule has 0 aromatic heterocycles. The van der Waals surface area contributed by atoms with E-state index < -0.39 is 20.8 Å². The van der Waals surface area contributed by atoms with Gasteiger partial charge in [0.15, 0.2) is 0 Å². The minimum atomic E-state index is -1.91. The van der Waals surface area contributed by atoms with Crippen LogP contribution in [0.3, 0.4) is 0 Å². The van der Waals surface area contributed by atoms with E-state index in [2.05, 4.69) is 75.3 Å². The number of nitrogens with zero attached hydrogens (tertiary/aromatic N) is 2. The number of rotatable bonds is 16. The van der Waals surface area contributed by atoms with Crippen LogP contribution in [0.15, 0.2) is 11.6 Å². The molecule has 0 bridgehead atoms. The fraction of sp³-hybridized carbons (Fsp3) is 0.925. The zero-order chi connectivity index (χ0) is 34.7. The lowest BCUT2D eigenvalue weighted by Gasteiger charge is -2.59. The monoisotopic (exact) mass is 677 g/mol. The molecule has 6 nitrogen and oxygen atoms in total. The lowest BCUT2D eigenvalue weighted by molar-refractivity contribution is -0.0622. The molecule has 6 unspecified atom stereocenters. The average molecular weight is 677 g/mol. The minimum absolute atomic E-state index is 0.108. The Hall–Kier alpha value is -0.680. The van der Waals surface area contributed by atoms with Crippen LogP contribution in [0.5, 0.6) is 0 Å². The lowest BCUT2D eigenvalue weighted by Crippen LogP contribution is -2.54. The van der Waals surface area contributed by atoms with Crippen LogP contribution in [-0.4, -0.2) is 50.0 Å². The molecular weight excluding hydrogens is 603 g/mol. The Morgan fingerprint density at radius 2 is 1.64 bits per heavy atom. The van der Waals surface area contributed by atoms with E-state index in [1.807, 2.05) is 4.67 Å². The largest absolute Gasteiger partial charge is 0.465 e. The van der Waals surface area contributed by atoms with E-state index in [1.165, 1.54) is 56.9 Å². The van der Waals surface area contributed by atoms with Crippen LogP contribution in [-0.2, 0) is 4.52 Å². The average Bonchev–Trinajstić information content (AvgIpc) is 3.34. The molecule has 4 aliphatic rings. The van der Waals surface area contributed by atoms with Gasteiger partial charge in [-0.1, -0.05) is 85.3 Å². The molecule has 0 saturated heterocycles. The summed E-state index contributed by atoms with van der Waals surface area (Å²) in [6.45, 7) is 22.9. The lowest BCUT2D eigenvalue weighted by atomic mass is 9.46. The molecule has 0 aliphatic heterocycles. The second-order valence-electron chi connectivity index (χ2n) is 17.8. The van der Waals surface area contributed by atoms with E-state index in [0.29, 0.717) is 17.8 Å². The molecule has 0 aromatic carbocycles. The molecule has 0 heterocycles. The van der Waals surface area contributed by atoms with Crippen molar-refractivity contribution < 1.29 is 19.3 Å². The quantitative estimate of drug-likeness (QED) is 0.0737. The van der Waals surface area contributed by atoms with Crippen LogP contribution in [0.4, 0.5) is 4.79 Å². The van der Waals surface area contributed by atoms with Gasteiger partial charge in [0, 0.05) is 18.1 Å². The molecule has 0 aromatic rings. The Kier molecular flexibility index (Phi) is 13.8. The maximum absolute atomic E-state index is 13.0. The summed E-state index contributed by atoms with van der Waals surface area (Å²) in [5.74, 6) is 4.79. The third-order valence-electron chi connectivity index (χ3n) is 13.7. The number of fused-ring (bicyclic) bond motifs is 5. The Bertz CT molecular complexity index is 1040. The third kappa shape index (κ3) is 8.45. The first-order valence-corrected chi connectivity index (χ1v) is 21.0. The van der Waals surface area contributed by atoms with Crippen molar-refractivity contribution in [1.29, 1.82) is 0 Å². The van der Waals surface area contributed by atoms with Gasteiger partial charge in [0.1, 0.15) is 6.23 Å². The summed E-state index contributed by atoms with van der Waals surface area (Å²) in [7, 11) is -1.91. The Morgan fingerprint density at radius 1 is 0.936 bits per heavy atom. The van der Waals surface area contributed by atoms with Crippen LogP contribution in [0.1, 0.15) is 166 Å². The molecule has 2 N–H and O–H groups in total. The Morgan fingerprint density at radius 3 is 2.26 bits per heavy atom. The van der Waals surface area contributed by atoms with Gasteiger partial charge in [-0.25, -0.2) is 9.46 Å². The zero-order valence-electron chi connectivity index (χ0n) is 32.0. The van der Waals surface area contributed by atoms with E-state index in [9.17, 15) is 14.8 Å². The van der Waals surface area contributed by atoms with Gasteiger partial charge in [0.25, 0.3) is 8.53 Å². The van der Waals surface area contributed by atoms with E-state index in [0.717, 1.165) is 68.1 Å². The molecule has 1 amide bonds. The molecule has 47 heavy (non-hydrogen) atoms. The van der Waals surface area contributed by atoms with Gasteiger partial charge in [0.2, 0.25) is 0 Å². The summed E-state index contributed by atoms with van der Waals surface area (Å²) in [6.07, 6.45) is 18.1. The van der Waals surface area contributed by atoms with Crippen molar-refractivity contribution in [3.8, 4) is 0 Å². The normalized spacial score (nSPS) is 34.2. The first kappa shape index (κ1) is 39.1. The molecule has 4 aliphatic carbocycles. The molecule has 4 rings (SSSR count). The van der Waals surface area contributed by atoms with Crippen molar-refractivity contribution in [3.05, 3.63) is 11.6 Å². The minimum Gasteiger partial charge on any atom is -0.465 e. The molecule has 0 spiro atoms. The highest BCUT2D eigenvalue weighted by Crippen LogP contribution is 2.67. The summed E-state index contributed by atoms with van der Waals surface area (Å²) in [6, 6.07) is 0.107. The highest BCUT2D eigenvalue weighted by atomic mass is 31.2. The standard InChI is InChI=1S/C40H73N2O4P/c1-11-12-13-17-37(46-47(45)42(28(4)5)29(6)7)41(38(43)44)32-22-24-39(9)31(26-32)18-19-33-35-21-20-34(30(8)16-14-15-27(2)3)40(35,10)25-23-36(33)39/h18,27-30,32-37,45H,11-17,19-26H2,1-10H3,(H,43,44)/t30-,32?,33?,34-,35?,36?,37?,39+,40-,47?/m1/s1. The molecule has 0 radical (unpaired) electrons. The van der Waals surface area contributed by atoms with Crippen LogP contribution in [0.25, 0.3) is 0 Å². The smallest absolute Gasteiger partial charge is 0.409 e. The fourth-order valence-corrected chi connectivity index (χ4v) is 12.7. The number of carboxylic acid groups (broad SMARTS) is 1. The molecule has 3 fully saturated rings. The van der Waals surface area contributed by atoms with Crippen molar-refractivity contribution >= 4 is 14.6 Å². The van der Waals surface area contributed by atoms with Crippen LogP contribution >= 0.6 is 8.53 Å². The SMILES string of the molecule is CCCCCC(OP(O)N(C(C)C)C(C)C)N(C(=O)O)C1CC[C@@]2(C)C(=CCC3C2CC[C@@]2(C)C3CC[C@@H]2[C@H](C)CCCC(C)C)C1. The molecule has 7 heteroatoms. The maximum Gasteiger partial charge on any atom is 0.409 e. The van der Waals surface area contributed by atoms with Crippen molar-refractivity contribution in [1.82, 2.24) is 9.57 Å². The van der Waals surface area contributed by atoms with E-state index in [-0.39, 0.29) is 23.5 Å². The topological polar surface area (TPSA) is 73.2 Å². The van der Waals surface area contributed by atoms with Crippen LogP contribution < -0.4 is 0 Å². The second kappa shape index (κ2) is 16.6. The van der Waals surface area contributed by atoms with Gasteiger partial charge in [-0.3, -0.25) is 9.42 Å². The highest BCUT2D eigenvalue weighted by Gasteiger charge is 2.59. The van der Waals surface area contributed by atoms with Crippen molar-refractivity contribution in [2.24, 2.45) is 46.3 Å². The number of unbranched alkanes of at least 4 members (excludes halogenated alkanes) is 2. The zero-order valence-corrected chi connectivity index (χ0v) is 32.9. The number of carbonyl (C=O) groups is 1. The van der Waals surface area contributed by atoms with Gasteiger partial charge >= 0.3 is 6.09 Å². The summed E-state index contributed by atoms with van der Waals surface area (Å²) < 4.78 is 8.39. The van der Waals surface area contributed by atoms with Crippen LogP contribution in [0, 0.1) is 46.3 Å². The Labute approximate surface area is 290 Å².